The summed E-state index contributed by atoms with van der Waals surface area (Å²) in [5.74, 6) is 0. The highest BCUT2D eigenvalue weighted by Gasteiger charge is 2.02. The molecule has 0 amide bonds. The molecule has 0 heterocycles. The molecule has 0 fully saturated rings. The zero-order valence-corrected chi connectivity index (χ0v) is 5.66. The lowest BCUT2D eigenvalue weighted by Gasteiger charge is -2.02. The summed E-state index contributed by atoms with van der Waals surface area (Å²) in [6, 6.07) is 0. The molecule has 0 bridgehead atoms. The first kappa shape index (κ1) is 7.15. The van der Waals surface area contributed by atoms with Crippen LogP contribution in [0.1, 0.15) is 0 Å². The molecule has 0 aromatic heterocycles. The molecule has 0 aliphatic carbocycles. The molecule has 4 heteroatoms. The monoisotopic (exact) mass is 123 g/mol. The standard InChI is InChI=1S/C3H10NO2P/c1-4-6-7(2,3)5/h4H,1-3H3. The summed E-state index contributed by atoms with van der Waals surface area (Å²) in [6.07, 6.45) is 0. The van der Waals surface area contributed by atoms with Crippen LogP contribution >= 0.6 is 7.37 Å². The van der Waals surface area contributed by atoms with Crippen LogP contribution in [0.15, 0.2) is 0 Å². The molecular weight excluding hydrogens is 113 g/mol. The van der Waals surface area contributed by atoms with Crippen LogP contribution in [0.25, 0.3) is 0 Å². The lowest BCUT2D eigenvalue weighted by molar-refractivity contribution is 0.231. The molecule has 0 spiro atoms. The first-order chi connectivity index (χ1) is 3.06. The third kappa shape index (κ3) is 6.15. The first-order valence-corrected chi connectivity index (χ1v) is 4.48. The molecule has 3 nitrogen and oxygen atoms in total. The maximum absolute atomic E-state index is 10.5. The highest BCUT2D eigenvalue weighted by atomic mass is 31.2. The second-order valence-corrected chi connectivity index (χ2v) is 4.23. The Morgan fingerprint density at radius 3 is 2.00 bits per heavy atom. The van der Waals surface area contributed by atoms with Gasteiger partial charge in [-0.25, -0.2) is 4.62 Å². The summed E-state index contributed by atoms with van der Waals surface area (Å²) < 4.78 is 15.1. The fourth-order valence-corrected chi connectivity index (χ4v) is 0.660. The minimum Gasteiger partial charge on any atom is -0.292 e. The second-order valence-electron chi connectivity index (χ2n) is 1.55. The molecule has 0 atom stereocenters. The minimum absolute atomic E-state index is 1.55. The van der Waals surface area contributed by atoms with Gasteiger partial charge in [0.1, 0.15) is 0 Å². The van der Waals surface area contributed by atoms with Crippen LogP contribution in [0.2, 0.25) is 0 Å². The summed E-state index contributed by atoms with van der Waals surface area (Å²) in [5, 5.41) is 0. The van der Waals surface area contributed by atoms with Gasteiger partial charge in [0.15, 0.2) is 0 Å². The van der Waals surface area contributed by atoms with Gasteiger partial charge in [-0.3, -0.25) is 4.57 Å². The zero-order chi connectivity index (χ0) is 5.91. The van der Waals surface area contributed by atoms with Crippen molar-refractivity contribution in [2.75, 3.05) is 20.4 Å². The van der Waals surface area contributed by atoms with E-state index in [1.807, 2.05) is 0 Å². The normalized spacial score (nSPS) is 11.9. The largest absolute Gasteiger partial charge is 0.292 e. The van der Waals surface area contributed by atoms with Crippen LogP contribution in [0.4, 0.5) is 0 Å². The van der Waals surface area contributed by atoms with Crippen molar-refractivity contribution in [3.05, 3.63) is 0 Å². The van der Waals surface area contributed by atoms with E-state index in [4.69, 9.17) is 0 Å². The summed E-state index contributed by atoms with van der Waals surface area (Å²) in [6.45, 7) is 3.09. The fraction of sp³-hybridized carbons (Fsp3) is 1.00. The third-order valence-corrected chi connectivity index (χ3v) is 0.933. The van der Waals surface area contributed by atoms with Crippen molar-refractivity contribution in [2.24, 2.45) is 0 Å². The minimum atomic E-state index is -2.28. The van der Waals surface area contributed by atoms with Crippen molar-refractivity contribution in [3.63, 3.8) is 0 Å². The number of hydroxylamine groups is 1. The Balaban J connectivity index is 3.36. The lowest BCUT2D eigenvalue weighted by Crippen LogP contribution is -2.02. The van der Waals surface area contributed by atoms with Gasteiger partial charge in [-0.1, -0.05) is 0 Å². The van der Waals surface area contributed by atoms with E-state index in [9.17, 15) is 4.57 Å². The van der Waals surface area contributed by atoms with E-state index < -0.39 is 7.37 Å². The zero-order valence-electron chi connectivity index (χ0n) is 4.76. The van der Waals surface area contributed by atoms with Crippen LogP contribution in [0.5, 0.6) is 0 Å². The van der Waals surface area contributed by atoms with Gasteiger partial charge in [0, 0.05) is 20.4 Å². The summed E-state index contributed by atoms with van der Waals surface area (Å²) in [7, 11) is -0.694. The van der Waals surface area contributed by atoms with Crippen LogP contribution in [-0.2, 0) is 9.19 Å². The molecule has 0 aromatic rings. The van der Waals surface area contributed by atoms with E-state index in [1.54, 1.807) is 20.4 Å². The van der Waals surface area contributed by atoms with E-state index in [0.717, 1.165) is 0 Å². The van der Waals surface area contributed by atoms with E-state index in [1.165, 1.54) is 0 Å². The van der Waals surface area contributed by atoms with Gasteiger partial charge in [0.25, 0.3) is 0 Å². The van der Waals surface area contributed by atoms with E-state index in [-0.39, 0.29) is 0 Å². The number of hydrogen-bond donors (Lipinski definition) is 1. The van der Waals surface area contributed by atoms with Crippen LogP contribution in [0.3, 0.4) is 0 Å². The molecule has 0 saturated carbocycles. The van der Waals surface area contributed by atoms with Crippen molar-refractivity contribution in [1.82, 2.24) is 5.48 Å². The molecule has 0 aliphatic rings. The second kappa shape index (κ2) is 2.46. The van der Waals surface area contributed by atoms with Gasteiger partial charge >= 0.3 is 0 Å². The van der Waals surface area contributed by atoms with Crippen molar-refractivity contribution in [1.29, 1.82) is 0 Å². The molecule has 0 aliphatic heterocycles. The molecule has 7 heavy (non-hydrogen) atoms. The Morgan fingerprint density at radius 1 is 1.57 bits per heavy atom. The maximum Gasteiger partial charge on any atom is 0.214 e. The Morgan fingerprint density at radius 2 is 2.00 bits per heavy atom. The Labute approximate surface area is 43.5 Å². The van der Waals surface area contributed by atoms with E-state index >= 15 is 0 Å². The fourth-order valence-electron chi connectivity index (χ4n) is 0.220. The number of hydrogen-bond acceptors (Lipinski definition) is 3. The van der Waals surface area contributed by atoms with Crippen LogP contribution in [-0.4, -0.2) is 20.4 Å². The molecule has 0 aromatic carbocycles. The lowest BCUT2D eigenvalue weighted by atomic mass is 11.6. The molecule has 0 unspecified atom stereocenters. The van der Waals surface area contributed by atoms with Crippen molar-refractivity contribution < 1.29 is 9.19 Å². The summed E-state index contributed by atoms with van der Waals surface area (Å²) >= 11 is 0. The quantitative estimate of drug-likeness (QED) is 0.433. The van der Waals surface area contributed by atoms with Crippen molar-refractivity contribution >= 4 is 7.37 Å². The van der Waals surface area contributed by atoms with Gasteiger partial charge in [0.2, 0.25) is 7.37 Å². The van der Waals surface area contributed by atoms with Crippen LogP contribution in [0, 0.1) is 0 Å². The highest BCUT2D eigenvalue weighted by molar-refractivity contribution is 7.57. The molecule has 0 saturated heterocycles. The molecule has 44 valence electrons. The number of nitrogens with one attached hydrogen (secondary N) is 1. The van der Waals surface area contributed by atoms with Gasteiger partial charge < -0.3 is 0 Å². The molecule has 0 rings (SSSR count). The average molecular weight is 123 g/mol. The topological polar surface area (TPSA) is 38.3 Å². The Bertz CT molecular complexity index is 86.9. The van der Waals surface area contributed by atoms with Crippen molar-refractivity contribution in [3.8, 4) is 0 Å². The van der Waals surface area contributed by atoms with Gasteiger partial charge in [-0.05, 0) is 0 Å². The van der Waals surface area contributed by atoms with Crippen molar-refractivity contribution in [2.45, 2.75) is 0 Å². The molecule has 1 N–H and O–H groups in total. The SMILES string of the molecule is CNOP(C)(C)=O. The van der Waals surface area contributed by atoms with Gasteiger partial charge in [-0.2, -0.15) is 5.48 Å². The van der Waals surface area contributed by atoms with Crippen LogP contribution < -0.4 is 5.48 Å². The Hall–Kier alpha value is 0.150. The smallest absolute Gasteiger partial charge is 0.214 e. The Kier molecular flexibility index (Phi) is 2.51. The summed E-state index contributed by atoms with van der Waals surface area (Å²) in [5.41, 5.74) is 2.34. The average Bonchev–Trinajstić information content (AvgIpc) is 1.30. The molecular formula is C3H10NO2P. The third-order valence-electron chi connectivity index (χ3n) is 0.311. The highest BCUT2D eigenvalue weighted by Crippen LogP contribution is 2.34. The van der Waals surface area contributed by atoms with E-state index in [2.05, 4.69) is 10.1 Å². The van der Waals surface area contributed by atoms with Gasteiger partial charge in [-0.15, -0.1) is 0 Å². The number of rotatable bonds is 2. The van der Waals surface area contributed by atoms with Gasteiger partial charge in [0.05, 0.1) is 0 Å². The predicted octanol–water partition coefficient (Wildman–Crippen LogP) is 0.675. The maximum atomic E-state index is 10.5. The molecule has 0 radical (unpaired) electrons. The predicted molar refractivity (Wildman–Crippen MR) is 29.6 cm³/mol. The summed E-state index contributed by atoms with van der Waals surface area (Å²) in [4.78, 5) is 0. The first-order valence-electron chi connectivity index (χ1n) is 1.96. The van der Waals surface area contributed by atoms with E-state index in [0.29, 0.717) is 0 Å².